The maximum Gasteiger partial charge on any atom is 0.142 e. The van der Waals surface area contributed by atoms with Crippen LogP contribution in [-0.2, 0) is 6.54 Å². The fraction of sp³-hybridized carbons (Fsp3) is 0.250. The highest BCUT2D eigenvalue weighted by Crippen LogP contribution is 2.29. The number of benzene rings is 2. The van der Waals surface area contributed by atoms with E-state index in [9.17, 15) is 0 Å². The zero-order valence-corrected chi connectivity index (χ0v) is 12.4. The minimum atomic E-state index is 0.616. The Morgan fingerprint density at radius 1 is 1.10 bits per heavy atom. The van der Waals surface area contributed by atoms with Crippen LogP contribution in [0.4, 0.5) is 5.69 Å². The van der Waals surface area contributed by atoms with Crippen LogP contribution < -0.4 is 14.8 Å². The first kappa shape index (κ1) is 14.5. The number of methoxy groups -OCH3 is 1. The summed E-state index contributed by atoms with van der Waals surface area (Å²) in [5.74, 6) is 1.66. The molecule has 20 heavy (non-hydrogen) atoms. The molecule has 2 rings (SSSR count). The molecule has 2 aromatic carbocycles. The molecule has 3 nitrogen and oxygen atoms in total. The van der Waals surface area contributed by atoms with Gasteiger partial charge in [0.25, 0.3) is 0 Å². The highest BCUT2D eigenvalue weighted by atomic mass is 35.5. The van der Waals surface area contributed by atoms with Crippen molar-refractivity contribution in [3.63, 3.8) is 0 Å². The first-order chi connectivity index (χ1) is 9.74. The molecule has 0 aliphatic rings. The van der Waals surface area contributed by atoms with Crippen molar-refractivity contribution < 1.29 is 9.47 Å². The van der Waals surface area contributed by atoms with Crippen molar-refractivity contribution in [3.05, 3.63) is 53.1 Å². The van der Waals surface area contributed by atoms with Gasteiger partial charge < -0.3 is 14.8 Å². The Kier molecular flexibility index (Phi) is 5.13. The lowest BCUT2D eigenvalue weighted by Gasteiger charge is -2.14. The maximum atomic E-state index is 6.04. The van der Waals surface area contributed by atoms with Crippen molar-refractivity contribution in [1.82, 2.24) is 0 Å². The quantitative estimate of drug-likeness (QED) is 0.858. The van der Waals surface area contributed by atoms with E-state index in [-0.39, 0.29) is 0 Å². The predicted molar refractivity (Wildman–Crippen MR) is 82.9 cm³/mol. The molecular weight excluding hydrogens is 274 g/mol. The molecule has 0 aromatic heterocycles. The van der Waals surface area contributed by atoms with E-state index in [1.165, 1.54) is 0 Å². The Morgan fingerprint density at radius 2 is 1.90 bits per heavy atom. The van der Waals surface area contributed by atoms with Gasteiger partial charge >= 0.3 is 0 Å². The van der Waals surface area contributed by atoms with Gasteiger partial charge in [-0.15, -0.1) is 0 Å². The highest BCUT2D eigenvalue weighted by Gasteiger charge is 2.06. The maximum absolute atomic E-state index is 6.04. The number of anilines is 1. The summed E-state index contributed by atoms with van der Waals surface area (Å²) in [4.78, 5) is 0. The van der Waals surface area contributed by atoms with Gasteiger partial charge in [-0.2, -0.15) is 0 Å². The van der Waals surface area contributed by atoms with Gasteiger partial charge in [0.15, 0.2) is 0 Å². The number of ether oxygens (including phenoxy) is 2. The lowest BCUT2D eigenvalue weighted by atomic mass is 10.2. The number of rotatable bonds is 6. The van der Waals surface area contributed by atoms with Crippen molar-refractivity contribution in [2.45, 2.75) is 13.5 Å². The predicted octanol–water partition coefficient (Wildman–Crippen LogP) is 4.36. The van der Waals surface area contributed by atoms with Crippen LogP contribution in [0.25, 0.3) is 0 Å². The summed E-state index contributed by atoms with van der Waals surface area (Å²) < 4.78 is 10.9. The summed E-state index contributed by atoms with van der Waals surface area (Å²) in [6.07, 6.45) is 0. The molecule has 0 fully saturated rings. The molecule has 0 bridgehead atoms. The third-order valence-electron chi connectivity index (χ3n) is 2.90. The van der Waals surface area contributed by atoms with Crippen LogP contribution in [0.3, 0.4) is 0 Å². The van der Waals surface area contributed by atoms with Gasteiger partial charge in [-0.05, 0) is 31.2 Å². The lowest BCUT2D eigenvalue weighted by molar-refractivity contribution is 0.341. The molecule has 0 atom stereocenters. The monoisotopic (exact) mass is 291 g/mol. The molecule has 0 saturated carbocycles. The molecule has 0 aliphatic heterocycles. The zero-order valence-electron chi connectivity index (χ0n) is 11.7. The lowest BCUT2D eigenvalue weighted by Crippen LogP contribution is -2.04. The van der Waals surface area contributed by atoms with Crippen molar-refractivity contribution in [1.29, 1.82) is 0 Å². The summed E-state index contributed by atoms with van der Waals surface area (Å²) in [7, 11) is 1.67. The summed E-state index contributed by atoms with van der Waals surface area (Å²) in [6.45, 7) is 3.22. The van der Waals surface area contributed by atoms with Gasteiger partial charge in [-0.1, -0.05) is 29.8 Å². The van der Waals surface area contributed by atoms with E-state index in [2.05, 4.69) is 5.32 Å². The van der Waals surface area contributed by atoms with E-state index in [0.29, 0.717) is 18.2 Å². The van der Waals surface area contributed by atoms with Crippen molar-refractivity contribution in [2.75, 3.05) is 19.0 Å². The fourth-order valence-electron chi connectivity index (χ4n) is 1.96. The van der Waals surface area contributed by atoms with Crippen molar-refractivity contribution in [3.8, 4) is 11.5 Å². The van der Waals surface area contributed by atoms with E-state index >= 15 is 0 Å². The number of para-hydroxylation sites is 1. The second-order valence-electron chi connectivity index (χ2n) is 4.24. The number of hydrogen-bond acceptors (Lipinski definition) is 3. The number of nitrogens with one attached hydrogen (secondary N) is 1. The average molecular weight is 292 g/mol. The van der Waals surface area contributed by atoms with Crippen LogP contribution in [0.5, 0.6) is 11.5 Å². The molecular formula is C16H18ClNO2. The molecule has 0 radical (unpaired) electrons. The first-order valence-electron chi connectivity index (χ1n) is 6.52. The molecule has 0 aliphatic carbocycles. The van der Waals surface area contributed by atoms with Crippen LogP contribution in [0.2, 0.25) is 5.02 Å². The normalized spacial score (nSPS) is 10.2. The smallest absolute Gasteiger partial charge is 0.142 e. The molecule has 0 saturated heterocycles. The number of hydrogen-bond donors (Lipinski definition) is 1. The summed E-state index contributed by atoms with van der Waals surface area (Å²) in [5.41, 5.74) is 1.96. The SMILES string of the molecule is CCOc1ccc(Cl)cc1NCc1ccccc1OC. The zero-order chi connectivity index (χ0) is 14.4. The van der Waals surface area contributed by atoms with E-state index in [1.54, 1.807) is 7.11 Å². The molecule has 4 heteroatoms. The Bertz CT molecular complexity index is 572. The summed E-state index contributed by atoms with van der Waals surface area (Å²) in [5, 5.41) is 4.02. The Hall–Kier alpha value is -1.87. The molecule has 0 unspecified atom stereocenters. The van der Waals surface area contributed by atoms with E-state index in [0.717, 1.165) is 22.7 Å². The second-order valence-corrected chi connectivity index (χ2v) is 4.68. The van der Waals surface area contributed by atoms with Crippen LogP contribution in [0.15, 0.2) is 42.5 Å². The standard InChI is InChI=1S/C16H18ClNO2/c1-3-20-16-9-8-13(17)10-14(16)18-11-12-6-4-5-7-15(12)19-2/h4-10,18H,3,11H2,1-2H3. The van der Waals surface area contributed by atoms with Crippen LogP contribution >= 0.6 is 11.6 Å². The fourth-order valence-corrected chi connectivity index (χ4v) is 2.13. The van der Waals surface area contributed by atoms with Gasteiger partial charge in [0.05, 0.1) is 19.4 Å². The third-order valence-corrected chi connectivity index (χ3v) is 3.14. The molecule has 1 N–H and O–H groups in total. The van der Waals surface area contributed by atoms with Gasteiger partial charge in [-0.3, -0.25) is 0 Å². The molecule has 0 amide bonds. The van der Waals surface area contributed by atoms with Crippen LogP contribution in [0.1, 0.15) is 12.5 Å². The molecule has 0 heterocycles. The number of halogens is 1. The van der Waals surface area contributed by atoms with Gasteiger partial charge in [0, 0.05) is 17.1 Å². The Balaban J connectivity index is 2.15. The van der Waals surface area contributed by atoms with E-state index in [4.69, 9.17) is 21.1 Å². The molecule has 106 valence electrons. The van der Waals surface area contributed by atoms with Crippen molar-refractivity contribution in [2.24, 2.45) is 0 Å². The molecule has 2 aromatic rings. The van der Waals surface area contributed by atoms with E-state index in [1.807, 2.05) is 49.4 Å². The summed E-state index contributed by atoms with van der Waals surface area (Å²) >= 11 is 6.04. The van der Waals surface area contributed by atoms with Crippen molar-refractivity contribution >= 4 is 17.3 Å². The minimum Gasteiger partial charge on any atom is -0.496 e. The van der Waals surface area contributed by atoms with Gasteiger partial charge in [0.1, 0.15) is 11.5 Å². The third kappa shape index (κ3) is 3.58. The van der Waals surface area contributed by atoms with Crippen LogP contribution in [-0.4, -0.2) is 13.7 Å². The minimum absolute atomic E-state index is 0.616. The molecule has 0 spiro atoms. The highest BCUT2D eigenvalue weighted by molar-refractivity contribution is 6.30. The Labute approximate surface area is 124 Å². The van der Waals surface area contributed by atoms with E-state index < -0.39 is 0 Å². The average Bonchev–Trinajstić information content (AvgIpc) is 2.48. The second kappa shape index (κ2) is 7.06. The topological polar surface area (TPSA) is 30.5 Å². The van der Waals surface area contributed by atoms with Gasteiger partial charge in [0.2, 0.25) is 0 Å². The van der Waals surface area contributed by atoms with Gasteiger partial charge in [-0.25, -0.2) is 0 Å². The largest absolute Gasteiger partial charge is 0.496 e. The summed E-state index contributed by atoms with van der Waals surface area (Å²) in [6, 6.07) is 13.5. The Morgan fingerprint density at radius 3 is 2.65 bits per heavy atom. The first-order valence-corrected chi connectivity index (χ1v) is 6.90. The van der Waals surface area contributed by atoms with Crippen LogP contribution in [0, 0.1) is 0 Å².